The van der Waals surface area contributed by atoms with Crippen molar-refractivity contribution in [1.29, 1.82) is 0 Å². The van der Waals surface area contributed by atoms with E-state index in [1.54, 1.807) is 12.1 Å². The van der Waals surface area contributed by atoms with Crippen molar-refractivity contribution in [3.63, 3.8) is 0 Å². The number of hydrogen-bond donors (Lipinski definition) is 0. The molecule has 4 rings (SSSR count). The van der Waals surface area contributed by atoms with Crippen LogP contribution < -0.4 is 0 Å². The lowest BCUT2D eigenvalue weighted by molar-refractivity contribution is -0.134. The van der Waals surface area contributed by atoms with Gasteiger partial charge in [0, 0.05) is 31.7 Å². The fraction of sp³-hybridized carbons (Fsp3) is 0.636. The Morgan fingerprint density at radius 1 is 1.19 bits per heavy atom. The third-order valence-electron chi connectivity index (χ3n) is 6.41. The van der Waals surface area contributed by atoms with Crippen molar-refractivity contribution in [2.45, 2.75) is 68.7 Å². The number of hydrogen-bond acceptors (Lipinski definition) is 6. The molecule has 0 saturated carbocycles. The van der Waals surface area contributed by atoms with E-state index < -0.39 is 10.0 Å². The number of benzene rings is 1. The number of aromatic nitrogens is 2. The van der Waals surface area contributed by atoms with Crippen molar-refractivity contribution in [2.24, 2.45) is 0 Å². The minimum Gasteiger partial charge on any atom is -0.379 e. The number of aryl methyl sites for hydroxylation is 1. The number of nitrogens with zero attached hydrogens (tertiary/aromatic N) is 4. The van der Waals surface area contributed by atoms with Crippen LogP contribution >= 0.6 is 11.8 Å². The van der Waals surface area contributed by atoms with Crippen molar-refractivity contribution in [1.82, 2.24) is 18.8 Å². The zero-order valence-corrected chi connectivity index (χ0v) is 20.6. The fourth-order valence-electron chi connectivity index (χ4n) is 4.71. The summed E-state index contributed by atoms with van der Waals surface area (Å²) in [6.45, 7) is 8.51. The quantitative estimate of drug-likeness (QED) is 0.591. The lowest BCUT2D eigenvalue weighted by atomic mass is 9.98. The van der Waals surface area contributed by atoms with E-state index in [-0.39, 0.29) is 22.9 Å². The van der Waals surface area contributed by atoms with Crippen molar-refractivity contribution < 1.29 is 17.9 Å². The van der Waals surface area contributed by atoms with Crippen LogP contribution in [0.4, 0.5) is 0 Å². The van der Waals surface area contributed by atoms with Gasteiger partial charge in [0.2, 0.25) is 15.9 Å². The summed E-state index contributed by atoms with van der Waals surface area (Å²) in [6.07, 6.45) is 3.27. The van der Waals surface area contributed by atoms with Crippen molar-refractivity contribution in [2.75, 3.05) is 32.1 Å². The molecule has 2 saturated heterocycles. The van der Waals surface area contributed by atoms with Crippen molar-refractivity contribution in [3.05, 3.63) is 18.2 Å². The van der Waals surface area contributed by atoms with Gasteiger partial charge in [-0.15, -0.1) is 0 Å². The summed E-state index contributed by atoms with van der Waals surface area (Å²) < 4.78 is 34.8. The predicted molar refractivity (Wildman–Crippen MR) is 125 cm³/mol. The lowest BCUT2D eigenvalue weighted by Crippen LogP contribution is -2.48. The summed E-state index contributed by atoms with van der Waals surface area (Å²) in [5.41, 5.74) is 1.51. The standard InChI is InChI=1S/C22H32N4O4S2/c1-4-25-20-9-8-18(32(28,29)24-10-12-30-13-11-24)14-19(20)23-22(25)31-15-21(27)26-16(2)6-5-7-17(26)3/h8-9,14,16-17H,4-7,10-13,15H2,1-3H3. The van der Waals surface area contributed by atoms with Gasteiger partial charge in [-0.25, -0.2) is 13.4 Å². The number of rotatable bonds is 6. The Hall–Kier alpha value is -1.62. The number of amides is 1. The maximum absolute atomic E-state index is 13.0. The van der Waals surface area contributed by atoms with Crippen LogP contribution in [0.25, 0.3) is 11.0 Å². The van der Waals surface area contributed by atoms with E-state index in [1.165, 1.54) is 22.5 Å². The smallest absolute Gasteiger partial charge is 0.243 e. The van der Waals surface area contributed by atoms with E-state index in [4.69, 9.17) is 9.72 Å². The number of likely N-dealkylation sites (tertiary alicyclic amines) is 1. The molecule has 2 atom stereocenters. The summed E-state index contributed by atoms with van der Waals surface area (Å²) in [5.74, 6) is 0.469. The Kier molecular flexibility index (Phi) is 7.14. The molecule has 1 aromatic heterocycles. The summed E-state index contributed by atoms with van der Waals surface area (Å²) in [5, 5.41) is 0.745. The average Bonchev–Trinajstić information content (AvgIpc) is 3.15. The first-order chi connectivity index (χ1) is 15.3. The van der Waals surface area contributed by atoms with Gasteiger partial charge in [0.25, 0.3) is 0 Å². The molecule has 0 spiro atoms. The normalized spacial score (nSPS) is 23.0. The zero-order valence-electron chi connectivity index (χ0n) is 19.0. The van der Waals surface area contributed by atoms with Crippen LogP contribution in [0, 0.1) is 0 Å². The zero-order chi connectivity index (χ0) is 22.9. The maximum atomic E-state index is 13.0. The predicted octanol–water partition coefficient (Wildman–Crippen LogP) is 2.96. The number of fused-ring (bicyclic) bond motifs is 1. The highest BCUT2D eigenvalue weighted by Gasteiger charge is 2.30. The number of morpholine rings is 1. The van der Waals surface area contributed by atoms with E-state index in [0.717, 1.165) is 23.5 Å². The highest BCUT2D eigenvalue weighted by Crippen LogP contribution is 2.29. The van der Waals surface area contributed by atoms with E-state index >= 15 is 0 Å². The Morgan fingerprint density at radius 2 is 1.88 bits per heavy atom. The first-order valence-electron chi connectivity index (χ1n) is 11.3. The molecule has 2 fully saturated rings. The number of carbonyl (C=O) groups is 1. The topological polar surface area (TPSA) is 84.7 Å². The molecule has 1 amide bonds. The second kappa shape index (κ2) is 9.70. The van der Waals surface area contributed by atoms with Gasteiger partial charge in [-0.2, -0.15) is 4.31 Å². The van der Waals surface area contributed by atoms with E-state index in [0.29, 0.717) is 44.1 Å². The molecule has 0 bridgehead atoms. The monoisotopic (exact) mass is 480 g/mol. The molecule has 1 aromatic carbocycles. The van der Waals surface area contributed by atoms with Crippen LogP contribution in [0.5, 0.6) is 0 Å². The number of thioether (sulfide) groups is 1. The van der Waals surface area contributed by atoms with Crippen LogP contribution in [0.15, 0.2) is 28.3 Å². The highest BCUT2D eigenvalue weighted by molar-refractivity contribution is 7.99. The molecular formula is C22H32N4O4S2. The van der Waals surface area contributed by atoms with Gasteiger partial charge in [0.05, 0.1) is 34.9 Å². The summed E-state index contributed by atoms with van der Waals surface area (Å²) >= 11 is 1.43. The molecular weight excluding hydrogens is 448 g/mol. The van der Waals surface area contributed by atoms with Gasteiger partial charge in [-0.05, 0) is 58.2 Å². The van der Waals surface area contributed by atoms with Crippen LogP contribution in [0.3, 0.4) is 0 Å². The summed E-state index contributed by atoms with van der Waals surface area (Å²) in [6, 6.07) is 5.65. The number of carbonyl (C=O) groups excluding carboxylic acids is 1. The lowest BCUT2D eigenvalue weighted by Gasteiger charge is -2.39. The maximum Gasteiger partial charge on any atom is 0.243 e. The first-order valence-corrected chi connectivity index (χ1v) is 13.8. The molecule has 176 valence electrons. The largest absolute Gasteiger partial charge is 0.379 e. The van der Waals surface area contributed by atoms with Gasteiger partial charge in [0.15, 0.2) is 5.16 Å². The minimum atomic E-state index is -3.58. The number of sulfonamides is 1. The van der Waals surface area contributed by atoms with Gasteiger partial charge in [-0.3, -0.25) is 4.79 Å². The van der Waals surface area contributed by atoms with E-state index in [1.807, 2.05) is 22.5 Å². The van der Waals surface area contributed by atoms with E-state index in [9.17, 15) is 13.2 Å². The third kappa shape index (κ3) is 4.55. The molecule has 32 heavy (non-hydrogen) atoms. The highest BCUT2D eigenvalue weighted by atomic mass is 32.2. The SMILES string of the molecule is CCn1c(SCC(=O)N2C(C)CCCC2C)nc2cc(S(=O)(=O)N3CCOCC3)ccc21. The van der Waals surface area contributed by atoms with Gasteiger partial charge in [-0.1, -0.05) is 11.8 Å². The fourth-order valence-corrected chi connectivity index (χ4v) is 7.09. The molecule has 8 nitrogen and oxygen atoms in total. The second-order valence-corrected chi connectivity index (χ2v) is 11.4. The average molecular weight is 481 g/mol. The number of imidazole rings is 1. The molecule has 2 aliphatic rings. The number of ether oxygens (including phenoxy) is 1. The Balaban J connectivity index is 1.55. The Labute approximate surface area is 194 Å². The minimum absolute atomic E-state index is 0.139. The molecule has 0 N–H and O–H groups in total. The van der Waals surface area contributed by atoms with Gasteiger partial charge >= 0.3 is 0 Å². The van der Waals surface area contributed by atoms with Crippen molar-refractivity contribution >= 4 is 38.7 Å². The second-order valence-electron chi connectivity index (χ2n) is 8.52. The molecule has 3 heterocycles. The summed E-state index contributed by atoms with van der Waals surface area (Å²) in [4.78, 5) is 19.9. The van der Waals surface area contributed by atoms with Crippen LogP contribution in [-0.2, 0) is 26.1 Å². The van der Waals surface area contributed by atoms with Crippen LogP contribution in [-0.4, -0.2) is 77.2 Å². The molecule has 2 aromatic rings. The third-order valence-corrected chi connectivity index (χ3v) is 9.27. The van der Waals surface area contributed by atoms with Gasteiger partial charge in [0.1, 0.15) is 0 Å². The first kappa shape index (κ1) is 23.5. The molecule has 0 radical (unpaired) electrons. The summed E-state index contributed by atoms with van der Waals surface area (Å²) in [7, 11) is -3.58. The number of piperidine rings is 1. The molecule has 2 aliphatic heterocycles. The van der Waals surface area contributed by atoms with Crippen molar-refractivity contribution in [3.8, 4) is 0 Å². The van der Waals surface area contributed by atoms with Crippen LogP contribution in [0.2, 0.25) is 0 Å². The van der Waals surface area contributed by atoms with E-state index in [2.05, 4.69) is 13.8 Å². The Morgan fingerprint density at radius 3 is 2.53 bits per heavy atom. The molecule has 10 heteroatoms. The molecule has 2 unspecified atom stereocenters. The molecule has 0 aliphatic carbocycles. The Bertz CT molecular complexity index is 1070. The van der Waals surface area contributed by atoms with Gasteiger partial charge < -0.3 is 14.2 Å². The van der Waals surface area contributed by atoms with Crippen LogP contribution in [0.1, 0.15) is 40.0 Å².